The van der Waals surface area contributed by atoms with Gasteiger partial charge in [0.05, 0.1) is 11.8 Å². The lowest BCUT2D eigenvalue weighted by atomic mass is 9.88. The summed E-state index contributed by atoms with van der Waals surface area (Å²) in [7, 11) is 0. The Hall–Kier alpha value is -2.76. The average molecular weight is 353 g/mol. The van der Waals surface area contributed by atoms with Crippen LogP contribution in [-0.2, 0) is 11.3 Å². The normalized spacial score (nSPS) is 22.4. The highest BCUT2D eigenvalue weighted by Gasteiger charge is 2.42. The maximum absolute atomic E-state index is 13.9. The van der Waals surface area contributed by atoms with Crippen LogP contribution in [-0.4, -0.2) is 46.2 Å². The van der Waals surface area contributed by atoms with Crippen molar-refractivity contribution in [2.24, 2.45) is 11.8 Å². The van der Waals surface area contributed by atoms with Crippen LogP contribution in [0, 0.1) is 17.7 Å². The van der Waals surface area contributed by atoms with Gasteiger partial charge in [-0.3, -0.25) is 14.6 Å². The molecule has 0 aliphatic carbocycles. The first kappa shape index (κ1) is 16.7. The maximum Gasteiger partial charge on any atom is 0.256 e. The Labute approximate surface area is 151 Å². The van der Waals surface area contributed by atoms with Gasteiger partial charge >= 0.3 is 0 Å². The summed E-state index contributed by atoms with van der Waals surface area (Å²) < 4.78 is 13.9. The molecule has 0 N–H and O–H groups in total. The Morgan fingerprint density at radius 3 is 2.65 bits per heavy atom. The smallest absolute Gasteiger partial charge is 0.256 e. The predicted molar refractivity (Wildman–Crippen MR) is 93.6 cm³/mol. The second-order valence-corrected chi connectivity index (χ2v) is 7.05. The molecular formula is C20H20FN3O2. The van der Waals surface area contributed by atoms with E-state index in [2.05, 4.69) is 4.98 Å². The fourth-order valence-electron chi connectivity index (χ4n) is 3.96. The average Bonchev–Trinajstić information content (AvgIpc) is 3.05. The minimum absolute atomic E-state index is 0.0473. The molecular weight excluding hydrogens is 333 g/mol. The summed E-state index contributed by atoms with van der Waals surface area (Å²) >= 11 is 0. The van der Waals surface area contributed by atoms with Gasteiger partial charge in [-0.15, -0.1) is 0 Å². The molecule has 4 rings (SSSR count). The number of nitrogens with zero attached hydrogens (tertiary/aromatic N) is 3. The number of aromatic nitrogens is 1. The fraction of sp³-hybridized carbons (Fsp3) is 0.350. The number of hydrogen-bond acceptors (Lipinski definition) is 3. The van der Waals surface area contributed by atoms with Crippen LogP contribution in [0.4, 0.5) is 4.39 Å². The van der Waals surface area contributed by atoms with Gasteiger partial charge in [0.1, 0.15) is 0 Å². The van der Waals surface area contributed by atoms with Gasteiger partial charge in [-0.05, 0) is 23.5 Å². The lowest BCUT2D eigenvalue weighted by Crippen LogP contribution is -2.43. The zero-order valence-electron chi connectivity index (χ0n) is 14.3. The first-order chi connectivity index (χ1) is 12.6. The van der Waals surface area contributed by atoms with Crippen molar-refractivity contribution >= 4 is 11.8 Å². The molecule has 5 nitrogen and oxygen atoms in total. The molecule has 2 atom stereocenters. The number of carbonyl (C=O) groups is 2. The highest BCUT2D eigenvalue weighted by Crippen LogP contribution is 2.33. The van der Waals surface area contributed by atoms with E-state index in [0.29, 0.717) is 32.6 Å². The molecule has 0 unspecified atom stereocenters. The Morgan fingerprint density at radius 2 is 1.88 bits per heavy atom. The molecule has 0 bridgehead atoms. The van der Waals surface area contributed by atoms with Gasteiger partial charge in [-0.25, -0.2) is 4.39 Å². The van der Waals surface area contributed by atoms with Crippen LogP contribution in [0.25, 0.3) is 0 Å². The fourth-order valence-corrected chi connectivity index (χ4v) is 3.96. The second kappa shape index (κ2) is 6.86. The number of carbonyl (C=O) groups excluding carboxylic acids is 2. The Balaban J connectivity index is 1.45. The van der Waals surface area contributed by atoms with Crippen molar-refractivity contribution in [2.45, 2.75) is 13.0 Å². The van der Waals surface area contributed by atoms with E-state index in [9.17, 15) is 14.0 Å². The van der Waals surface area contributed by atoms with E-state index in [1.807, 2.05) is 35.2 Å². The molecule has 0 radical (unpaired) electrons. The van der Waals surface area contributed by atoms with Crippen LogP contribution in [0.5, 0.6) is 0 Å². The lowest BCUT2D eigenvalue weighted by molar-refractivity contribution is -0.136. The molecule has 2 fully saturated rings. The van der Waals surface area contributed by atoms with Gasteiger partial charge in [-0.2, -0.15) is 0 Å². The van der Waals surface area contributed by atoms with Crippen molar-refractivity contribution in [1.29, 1.82) is 0 Å². The van der Waals surface area contributed by atoms with Crippen LogP contribution in [0.2, 0.25) is 0 Å². The van der Waals surface area contributed by atoms with E-state index in [0.717, 1.165) is 11.8 Å². The number of hydrogen-bond donors (Lipinski definition) is 0. The standard InChI is InChI=1S/C20H20FN3O2/c21-18-9-22-7-6-17(18)20(26)24-11-15-8-19(25)23(12-16(15)13-24)10-14-4-2-1-3-5-14/h1-7,9,15-16H,8,10-13H2/t15-,16+/m0/s1. The maximum atomic E-state index is 13.9. The van der Waals surface area contributed by atoms with Gasteiger partial charge in [0, 0.05) is 38.8 Å². The number of likely N-dealkylation sites (tertiary alicyclic amines) is 2. The Morgan fingerprint density at radius 1 is 1.12 bits per heavy atom. The molecule has 1 aromatic carbocycles. The summed E-state index contributed by atoms with van der Waals surface area (Å²) in [6.07, 6.45) is 2.92. The van der Waals surface area contributed by atoms with Crippen molar-refractivity contribution in [3.63, 3.8) is 0 Å². The van der Waals surface area contributed by atoms with Crippen molar-refractivity contribution in [2.75, 3.05) is 19.6 Å². The lowest BCUT2D eigenvalue weighted by Gasteiger charge is -2.34. The van der Waals surface area contributed by atoms with Crippen LogP contribution in [0.1, 0.15) is 22.3 Å². The molecule has 0 saturated carbocycles. The summed E-state index contributed by atoms with van der Waals surface area (Å²) in [5.41, 5.74) is 1.15. The zero-order valence-corrected chi connectivity index (χ0v) is 14.3. The predicted octanol–water partition coefficient (Wildman–Crippen LogP) is 2.34. The van der Waals surface area contributed by atoms with Gasteiger partial charge in [-0.1, -0.05) is 30.3 Å². The molecule has 3 heterocycles. The summed E-state index contributed by atoms with van der Waals surface area (Å²) in [5, 5.41) is 0. The quantitative estimate of drug-likeness (QED) is 0.851. The Bertz CT molecular complexity index is 827. The molecule has 2 saturated heterocycles. The molecule has 2 aliphatic heterocycles. The third kappa shape index (κ3) is 3.19. The number of benzene rings is 1. The van der Waals surface area contributed by atoms with Gasteiger partial charge in [0.15, 0.2) is 5.82 Å². The molecule has 2 aromatic rings. The second-order valence-electron chi connectivity index (χ2n) is 7.05. The van der Waals surface area contributed by atoms with E-state index < -0.39 is 5.82 Å². The summed E-state index contributed by atoms with van der Waals surface area (Å²) in [5.74, 6) is -0.399. The van der Waals surface area contributed by atoms with E-state index in [4.69, 9.17) is 0 Å². The van der Waals surface area contributed by atoms with Crippen molar-refractivity contribution in [1.82, 2.24) is 14.8 Å². The monoisotopic (exact) mass is 353 g/mol. The number of amides is 2. The molecule has 1 aromatic heterocycles. The molecule has 6 heteroatoms. The van der Waals surface area contributed by atoms with Gasteiger partial charge in [0.25, 0.3) is 5.91 Å². The van der Waals surface area contributed by atoms with Crippen LogP contribution in [0.15, 0.2) is 48.8 Å². The minimum atomic E-state index is -0.603. The number of halogens is 1. The first-order valence-corrected chi connectivity index (χ1v) is 8.82. The van der Waals surface area contributed by atoms with E-state index in [1.54, 1.807) is 4.90 Å². The topological polar surface area (TPSA) is 53.5 Å². The molecule has 134 valence electrons. The van der Waals surface area contributed by atoms with Crippen LogP contribution >= 0.6 is 0 Å². The molecule has 2 aliphatic rings. The van der Waals surface area contributed by atoms with Crippen LogP contribution < -0.4 is 0 Å². The van der Waals surface area contributed by atoms with E-state index in [-0.39, 0.29) is 29.2 Å². The highest BCUT2D eigenvalue weighted by molar-refractivity contribution is 5.94. The number of piperidine rings is 1. The SMILES string of the molecule is O=C1C[C@H]2CN(C(=O)c3ccncc3F)C[C@H]2CN1Cc1ccccc1. The Kier molecular flexibility index (Phi) is 4.41. The van der Waals surface area contributed by atoms with E-state index in [1.165, 1.54) is 12.3 Å². The largest absolute Gasteiger partial charge is 0.338 e. The summed E-state index contributed by atoms with van der Waals surface area (Å²) in [6.45, 7) is 2.30. The summed E-state index contributed by atoms with van der Waals surface area (Å²) in [6, 6.07) is 11.3. The summed E-state index contributed by atoms with van der Waals surface area (Å²) in [4.78, 5) is 32.4. The number of rotatable bonds is 3. The van der Waals surface area contributed by atoms with Gasteiger partial charge in [0.2, 0.25) is 5.91 Å². The van der Waals surface area contributed by atoms with Crippen molar-refractivity contribution in [3.8, 4) is 0 Å². The van der Waals surface area contributed by atoms with Crippen molar-refractivity contribution < 1.29 is 14.0 Å². The number of pyridine rings is 1. The highest BCUT2D eigenvalue weighted by atomic mass is 19.1. The number of fused-ring (bicyclic) bond motifs is 1. The van der Waals surface area contributed by atoms with Crippen molar-refractivity contribution in [3.05, 3.63) is 65.7 Å². The minimum Gasteiger partial charge on any atom is -0.338 e. The van der Waals surface area contributed by atoms with Crippen LogP contribution in [0.3, 0.4) is 0 Å². The van der Waals surface area contributed by atoms with E-state index >= 15 is 0 Å². The third-order valence-electron chi connectivity index (χ3n) is 5.33. The molecule has 2 amide bonds. The third-order valence-corrected chi connectivity index (χ3v) is 5.33. The first-order valence-electron chi connectivity index (χ1n) is 8.82. The molecule has 0 spiro atoms. The van der Waals surface area contributed by atoms with Gasteiger partial charge < -0.3 is 9.80 Å². The molecule has 26 heavy (non-hydrogen) atoms. The zero-order chi connectivity index (χ0) is 18.1.